The summed E-state index contributed by atoms with van der Waals surface area (Å²) in [7, 11) is -4.42. The van der Waals surface area contributed by atoms with Crippen molar-refractivity contribution in [1.82, 2.24) is 0 Å². The molecule has 0 amide bonds. The Morgan fingerprint density at radius 1 is 0.648 bits per heavy atom. The van der Waals surface area contributed by atoms with Crippen LogP contribution >= 0.6 is 7.82 Å². The van der Waals surface area contributed by atoms with Crippen molar-refractivity contribution >= 4 is 19.8 Å². The summed E-state index contributed by atoms with van der Waals surface area (Å²) >= 11 is 0. The highest BCUT2D eigenvalue weighted by Gasteiger charge is 2.25. The van der Waals surface area contributed by atoms with Crippen LogP contribution in [0.15, 0.2) is 109 Å². The summed E-state index contributed by atoms with van der Waals surface area (Å²) in [5.41, 5.74) is 5.32. The number of ether oxygens (including phenoxy) is 2. The lowest BCUT2D eigenvalue weighted by Gasteiger charge is -2.19. The molecule has 0 aromatic heterocycles. The van der Waals surface area contributed by atoms with Gasteiger partial charge in [-0.1, -0.05) is 123 Å². The van der Waals surface area contributed by atoms with Crippen molar-refractivity contribution in [2.45, 2.75) is 122 Å². The summed E-state index contributed by atoms with van der Waals surface area (Å²) in [6.07, 6.45) is 46.5. The van der Waals surface area contributed by atoms with E-state index < -0.39 is 32.5 Å². The van der Waals surface area contributed by atoms with E-state index in [-0.39, 0.29) is 38.7 Å². The van der Waals surface area contributed by atoms with Gasteiger partial charge in [-0.25, -0.2) is 4.57 Å². The van der Waals surface area contributed by atoms with Crippen LogP contribution in [0.2, 0.25) is 0 Å². The number of nitrogens with two attached hydrogens (primary N) is 1. The fourth-order valence-electron chi connectivity index (χ4n) is 4.32. The third-order valence-corrected chi connectivity index (χ3v) is 8.30. The van der Waals surface area contributed by atoms with E-state index in [4.69, 9.17) is 24.3 Å². The lowest BCUT2D eigenvalue weighted by Crippen LogP contribution is -2.29. The Kier molecular flexibility index (Phi) is 35.6. The first-order valence-electron chi connectivity index (χ1n) is 19.5. The molecule has 0 bridgehead atoms. The van der Waals surface area contributed by atoms with E-state index in [9.17, 15) is 24.2 Å². The van der Waals surface area contributed by atoms with Gasteiger partial charge >= 0.3 is 19.8 Å². The summed E-state index contributed by atoms with van der Waals surface area (Å²) in [4.78, 5) is 34.7. The third-order valence-electron chi connectivity index (χ3n) is 7.31. The molecule has 0 fully saturated rings. The highest BCUT2D eigenvalue weighted by Crippen LogP contribution is 2.43. The normalized spacial score (nSPS) is 15.1. The largest absolute Gasteiger partial charge is 0.472 e. The van der Waals surface area contributed by atoms with Gasteiger partial charge in [0, 0.05) is 19.4 Å². The molecule has 0 saturated heterocycles. The number of aliphatic hydroxyl groups excluding tert-OH is 1. The van der Waals surface area contributed by atoms with Crippen LogP contribution in [-0.4, -0.2) is 60.5 Å². The topological polar surface area (TPSA) is 155 Å². The van der Waals surface area contributed by atoms with Gasteiger partial charge in [0.1, 0.15) is 6.61 Å². The fraction of sp³-hybridized carbons (Fsp3) is 0.535. The van der Waals surface area contributed by atoms with Gasteiger partial charge in [-0.2, -0.15) is 0 Å². The number of carbonyl (C=O) groups is 2. The van der Waals surface area contributed by atoms with E-state index in [0.717, 1.165) is 57.8 Å². The number of phosphoric ester groups is 1. The molecule has 10 nitrogen and oxygen atoms in total. The van der Waals surface area contributed by atoms with Crippen LogP contribution in [0, 0.1) is 0 Å². The van der Waals surface area contributed by atoms with Gasteiger partial charge in [0.25, 0.3) is 0 Å². The molecule has 0 heterocycles. The van der Waals surface area contributed by atoms with Crippen molar-refractivity contribution < 1.29 is 42.7 Å². The first-order valence-corrected chi connectivity index (χ1v) is 21.0. The van der Waals surface area contributed by atoms with Gasteiger partial charge in [0.2, 0.25) is 0 Å². The number of unbranched alkanes of at least 4 members (excludes halogenated alkanes) is 3. The van der Waals surface area contributed by atoms with Gasteiger partial charge < -0.3 is 25.2 Å². The highest BCUT2D eigenvalue weighted by atomic mass is 31.2. The monoisotopic (exact) mass is 773 g/mol. The number of allylic oxidation sites excluding steroid dienone is 17. The molecule has 3 atom stereocenters. The zero-order valence-corrected chi connectivity index (χ0v) is 33.7. The molecule has 304 valence electrons. The van der Waals surface area contributed by atoms with E-state index in [1.807, 2.05) is 37.3 Å². The van der Waals surface area contributed by atoms with Gasteiger partial charge in [0.15, 0.2) is 6.10 Å². The summed E-state index contributed by atoms with van der Waals surface area (Å²) in [5, 5.41) is 9.46. The molecule has 0 saturated carbocycles. The Balaban J connectivity index is 4.44. The Hall–Kier alpha value is -3.37. The second-order valence-corrected chi connectivity index (χ2v) is 13.7. The average molecular weight is 774 g/mol. The number of hydrogen-bond acceptors (Lipinski definition) is 9. The molecule has 0 rings (SSSR count). The minimum Gasteiger partial charge on any atom is -0.462 e. The molecule has 0 aliphatic rings. The van der Waals surface area contributed by atoms with Crippen LogP contribution in [0.5, 0.6) is 0 Å². The van der Waals surface area contributed by atoms with Crippen LogP contribution in [0.25, 0.3) is 0 Å². The fourth-order valence-corrected chi connectivity index (χ4v) is 5.08. The van der Waals surface area contributed by atoms with Gasteiger partial charge in [-0.15, -0.1) is 0 Å². The quantitative estimate of drug-likeness (QED) is 0.0189. The second kappa shape index (κ2) is 37.9. The zero-order chi connectivity index (χ0) is 39.8. The standard InChI is InChI=1S/C43H68NO9P/c1-3-5-6-7-8-9-10-11-12-16-19-22-25-28-31-34-42(46)50-38-41(39-52-54(48,49)51-37-36-44)53-43(47)35-32-29-26-23-20-17-14-13-15-18-21-24-27-30-33-40(45)4-2/h5-6,8-9,11-12,14-15,17-19,22-24,26-27,30,33,40-41,45H,3-4,7,10,13,16,20-21,25,28-29,31-32,34-39,44H2,1-2H3,(H,48,49)/b6-5-,9-8-,12-11-,17-14-,18-15-,22-19-,26-23-,27-24-,33-30+/t40-,41-/m1/s1. The number of phosphoric acid groups is 1. The SMILES string of the molecule is CC/C=C\C/C=C\C/C=C\C/C=C\CCCCC(=O)OC[C@H](COP(=O)(O)OCCN)OC(=O)CCC/C=C\C/C=C\C/C=C\C/C=C\C=C\[C@H](O)CC. The molecule has 11 heteroatoms. The smallest absolute Gasteiger partial charge is 0.462 e. The van der Waals surface area contributed by atoms with Crippen molar-refractivity contribution in [2.24, 2.45) is 5.73 Å². The Labute approximate surface area is 325 Å². The van der Waals surface area contributed by atoms with Gasteiger partial charge in [-0.05, 0) is 83.5 Å². The van der Waals surface area contributed by atoms with Crippen molar-refractivity contribution in [2.75, 3.05) is 26.4 Å². The minimum absolute atomic E-state index is 0.0258. The maximum Gasteiger partial charge on any atom is 0.472 e. The third kappa shape index (κ3) is 37.0. The van der Waals surface area contributed by atoms with Crippen LogP contribution in [0.3, 0.4) is 0 Å². The maximum absolute atomic E-state index is 12.5. The first kappa shape index (κ1) is 50.6. The molecule has 0 spiro atoms. The minimum atomic E-state index is -4.42. The number of rotatable bonds is 34. The van der Waals surface area contributed by atoms with Gasteiger partial charge in [-0.3, -0.25) is 18.6 Å². The lowest BCUT2D eigenvalue weighted by molar-refractivity contribution is -0.161. The molecule has 0 radical (unpaired) electrons. The molecule has 4 N–H and O–H groups in total. The number of hydrogen-bond donors (Lipinski definition) is 3. The Morgan fingerprint density at radius 2 is 1.17 bits per heavy atom. The molecule has 1 unspecified atom stereocenters. The summed E-state index contributed by atoms with van der Waals surface area (Å²) in [5.74, 6) is -0.981. The molecule has 0 aromatic rings. The maximum atomic E-state index is 12.5. The summed E-state index contributed by atoms with van der Waals surface area (Å²) in [6.45, 7) is 3.11. The molecule has 54 heavy (non-hydrogen) atoms. The van der Waals surface area contributed by atoms with Crippen molar-refractivity contribution in [3.05, 3.63) is 109 Å². The van der Waals surface area contributed by atoms with E-state index in [1.165, 1.54) is 0 Å². The second-order valence-electron chi connectivity index (χ2n) is 12.2. The predicted molar refractivity (Wildman–Crippen MR) is 220 cm³/mol. The number of aliphatic hydroxyl groups is 1. The van der Waals surface area contributed by atoms with E-state index >= 15 is 0 Å². The van der Waals surface area contributed by atoms with Crippen LogP contribution < -0.4 is 5.73 Å². The summed E-state index contributed by atoms with van der Waals surface area (Å²) < 4.78 is 32.5. The zero-order valence-electron chi connectivity index (χ0n) is 32.8. The molecule has 0 aliphatic heterocycles. The van der Waals surface area contributed by atoms with Crippen LogP contribution in [-0.2, 0) is 32.7 Å². The Bertz CT molecular complexity index is 1260. The molecular weight excluding hydrogens is 705 g/mol. The number of carbonyl (C=O) groups excluding carboxylic acids is 2. The predicted octanol–water partition coefficient (Wildman–Crippen LogP) is 9.79. The van der Waals surface area contributed by atoms with Crippen molar-refractivity contribution in [1.29, 1.82) is 0 Å². The first-order chi connectivity index (χ1) is 26.2. The van der Waals surface area contributed by atoms with E-state index in [2.05, 4.69) is 79.8 Å². The van der Waals surface area contributed by atoms with Crippen LogP contribution in [0.4, 0.5) is 0 Å². The Morgan fingerprint density at radius 3 is 1.72 bits per heavy atom. The van der Waals surface area contributed by atoms with Crippen molar-refractivity contribution in [3.63, 3.8) is 0 Å². The molecule has 0 aliphatic carbocycles. The van der Waals surface area contributed by atoms with E-state index in [1.54, 1.807) is 6.08 Å². The lowest BCUT2D eigenvalue weighted by atomic mass is 10.2. The summed E-state index contributed by atoms with van der Waals surface area (Å²) in [6, 6.07) is 0. The van der Waals surface area contributed by atoms with E-state index in [0.29, 0.717) is 25.7 Å². The molecule has 0 aromatic carbocycles. The highest BCUT2D eigenvalue weighted by molar-refractivity contribution is 7.47. The van der Waals surface area contributed by atoms with Crippen molar-refractivity contribution in [3.8, 4) is 0 Å². The average Bonchev–Trinajstić information content (AvgIpc) is 3.16. The molecular formula is C43H68NO9P. The number of esters is 2. The van der Waals surface area contributed by atoms with Crippen LogP contribution in [0.1, 0.15) is 110 Å². The van der Waals surface area contributed by atoms with Gasteiger partial charge in [0.05, 0.1) is 19.3 Å².